The summed E-state index contributed by atoms with van der Waals surface area (Å²) >= 11 is 0. The lowest BCUT2D eigenvalue weighted by atomic mass is 9.95. The zero-order valence-corrected chi connectivity index (χ0v) is 11.4. The lowest BCUT2D eigenvalue weighted by molar-refractivity contribution is -0.118. The summed E-state index contributed by atoms with van der Waals surface area (Å²) in [7, 11) is 0. The number of carbonyl (C=O) groups is 1. The summed E-state index contributed by atoms with van der Waals surface area (Å²) in [5, 5.41) is 2.91. The second-order valence-corrected chi connectivity index (χ2v) is 5.33. The van der Waals surface area contributed by atoms with Crippen molar-refractivity contribution in [1.82, 2.24) is 4.98 Å². The van der Waals surface area contributed by atoms with Crippen LogP contribution < -0.4 is 11.1 Å². The third-order valence-electron chi connectivity index (χ3n) is 3.90. The Labute approximate surface area is 118 Å². The number of amides is 1. The van der Waals surface area contributed by atoms with Gasteiger partial charge in [0.15, 0.2) is 0 Å². The van der Waals surface area contributed by atoms with Crippen LogP contribution in [0.2, 0.25) is 0 Å². The topological polar surface area (TPSA) is 68.0 Å². The van der Waals surface area contributed by atoms with Crippen LogP contribution in [-0.2, 0) is 10.2 Å². The van der Waals surface area contributed by atoms with Gasteiger partial charge in [-0.2, -0.15) is 0 Å². The molecule has 0 unspecified atom stereocenters. The number of nitrogens with zero attached hydrogens (tertiary/aromatic N) is 1. The summed E-state index contributed by atoms with van der Waals surface area (Å²) in [6.45, 7) is 1.90. The molecule has 4 heteroatoms. The van der Waals surface area contributed by atoms with Gasteiger partial charge in [0.05, 0.1) is 17.3 Å². The van der Waals surface area contributed by atoms with E-state index in [0.29, 0.717) is 11.5 Å². The van der Waals surface area contributed by atoms with E-state index in [-0.39, 0.29) is 11.3 Å². The van der Waals surface area contributed by atoms with Gasteiger partial charge in [0.2, 0.25) is 5.91 Å². The van der Waals surface area contributed by atoms with Gasteiger partial charge in [-0.25, -0.2) is 4.98 Å². The maximum atomic E-state index is 12.5. The molecule has 102 valence electrons. The Kier molecular flexibility index (Phi) is 2.93. The molecule has 3 N–H and O–H groups in total. The van der Waals surface area contributed by atoms with Gasteiger partial charge >= 0.3 is 0 Å². The molecule has 1 aromatic carbocycles. The maximum Gasteiger partial charge on any atom is 0.236 e. The van der Waals surface area contributed by atoms with Crippen LogP contribution in [-0.4, -0.2) is 10.9 Å². The average Bonchev–Trinajstić information content (AvgIpc) is 3.26. The van der Waals surface area contributed by atoms with E-state index < -0.39 is 0 Å². The number of carbonyl (C=O) groups excluding carboxylic acids is 1. The van der Waals surface area contributed by atoms with E-state index >= 15 is 0 Å². The van der Waals surface area contributed by atoms with Crippen molar-refractivity contribution >= 4 is 17.4 Å². The van der Waals surface area contributed by atoms with Gasteiger partial charge in [-0.15, -0.1) is 0 Å². The van der Waals surface area contributed by atoms with Gasteiger partial charge in [-0.05, 0) is 37.0 Å². The minimum absolute atomic E-state index is 0.0142. The largest absolute Gasteiger partial charge is 0.397 e. The van der Waals surface area contributed by atoms with Gasteiger partial charge in [-0.3, -0.25) is 4.79 Å². The summed E-state index contributed by atoms with van der Waals surface area (Å²) in [5.41, 5.74) is 7.98. The summed E-state index contributed by atoms with van der Waals surface area (Å²) < 4.78 is 0. The number of pyridine rings is 1. The number of nitrogens with one attached hydrogen (secondary N) is 1. The van der Waals surface area contributed by atoms with E-state index in [2.05, 4.69) is 10.3 Å². The van der Waals surface area contributed by atoms with Crippen molar-refractivity contribution in [2.75, 3.05) is 11.1 Å². The first-order valence-electron chi connectivity index (χ1n) is 6.71. The number of benzene rings is 1. The number of hydrogen-bond donors (Lipinski definition) is 2. The molecule has 0 atom stereocenters. The van der Waals surface area contributed by atoms with E-state index in [0.717, 1.165) is 24.0 Å². The van der Waals surface area contributed by atoms with E-state index in [4.69, 9.17) is 5.73 Å². The van der Waals surface area contributed by atoms with E-state index in [1.807, 2.05) is 37.3 Å². The fourth-order valence-electron chi connectivity index (χ4n) is 2.40. The predicted octanol–water partition coefficient (Wildman–Crippen LogP) is 2.64. The first kappa shape index (κ1) is 12.7. The quantitative estimate of drug-likeness (QED) is 0.898. The molecule has 0 radical (unpaired) electrons. The van der Waals surface area contributed by atoms with Crippen LogP contribution in [0.3, 0.4) is 0 Å². The molecule has 0 bridgehead atoms. The zero-order chi connectivity index (χ0) is 14.2. The summed E-state index contributed by atoms with van der Waals surface area (Å²) in [4.78, 5) is 16.7. The fourth-order valence-corrected chi connectivity index (χ4v) is 2.40. The van der Waals surface area contributed by atoms with Gasteiger partial charge < -0.3 is 11.1 Å². The van der Waals surface area contributed by atoms with Gasteiger partial charge in [0.1, 0.15) is 5.82 Å². The molecule has 1 aliphatic carbocycles. The standard InChI is InChI=1S/C16H17N3O/c1-11-9-14(18-10-13(11)17)19-15(20)16(7-8-16)12-5-3-2-4-6-12/h2-6,9-10H,7-8,17H2,1H3,(H,18,19,20). The smallest absolute Gasteiger partial charge is 0.236 e. The number of aromatic nitrogens is 1. The van der Waals surface area contributed by atoms with Crippen molar-refractivity contribution in [3.05, 3.63) is 53.7 Å². The minimum Gasteiger partial charge on any atom is -0.397 e. The Morgan fingerprint density at radius 3 is 2.60 bits per heavy atom. The first-order valence-corrected chi connectivity index (χ1v) is 6.71. The molecule has 0 spiro atoms. The van der Waals surface area contributed by atoms with Crippen molar-refractivity contribution in [3.63, 3.8) is 0 Å². The molecule has 1 aromatic heterocycles. The molecule has 2 aromatic rings. The number of nitrogen functional groups attached to an aromatic ring is 1. The van der Waals surface area contributed by atoms with Crippen molar-refractivity contribution in [2.24, 2.45) is 0 Å². The van der Waals surface area contributed by atoms with Crippen LogP contribution in [0, 0.1) is 6.92 Å². The van der Waals surface area contributed by atoms with E-state index in [1.54, 1.807) is 12.3 Å². The van der Waals surface area contributed by atoms with Crippen LogP contribution in [0.15, 0.2) is 42.6 Å². The van der Waals surface area contributed by atoms with Gasteiger partial charge in [0, 0.05) is 0 Å². The Morgan fingerprint density at radius 2 is 2.00 bits per heavy atom. The third kappa shape index (κ3) is 2.13. The minimum atomic E-state index is -0.377. The van der Waals surface area contributed by atoms with Gasteiger partial charge in [0.25, 0.3) is 0 Å². The molecule has 1 fully saturated rings. The van der Waals surface area contributed by atoms with Crippen LogP contribution in [0.25, 0.3) is 0 Å². The third-order valence-corrected chi connectivity index (χ3v) is 3.90. The van der Waals surface area contributed by atoms with Crippen molar-refractivity contribution < 1.29 is 4.79 Å². The van der Waals surface area contributed by atoms with Crippen molar-refractivity contribution in [2.45, 2.75) is 25.2 Å². The lowest BCUT2D eigenvalue weighted by Crippen LogP contribution is -2.28. The second-order valence-electron chi connectivity index (χ2n) is 5.33. The molecule has 20 heavy (non-hydrogen) atoms. The SMILES string of the molecule is Cc1cc(NC(=O)C2(c3ccccc3)CC2)ncc1N. The first-order chi connectivity index (χ1) is 9.62. The van der Waals surface area contributed by atoms with Crippen LogP contribution in [0.5, 0.6) is 0 Å². The van der Waals surface area contributed by atoms with Crippen molar-refractivity contribution in [1.29, 1.82) is 0 Å². The van der Waals surface area contributed by atoms with E-state index in [1.165, 1.54) is 0 Å². The molecule has 1 amide bonds. The molecule has 1 saturated carbocycles. The predicted molar refractivity (Wildman–Crippen MR) is 79.4 cm³/mol. The lowest BCUT2D eigenvalue weighted by Gasteiger charge is -2.15. The Hall–Kier alpha value is -2.36. The molecule has 1 heterocycles. The molecular formula is C16H17N3O. The van der Waals surface area contributed by atoms with E-state index in [9.17, 15) is 4.79 Å². The highest BCUT2D eigenvalue weighted by molar-refractivity contribution is 6.00. The number of rotatable bonds is 3. The molecular weight excluding hydrogens is 250 g/mol. The monoisotopic (exact) mass is 267 g/mol. The molecule has 3 rings (SSSR count). The van der Waals surface area contributed by atoms with Crippen molar-refractivity contribution in [3.8, 4) is 0 Å². The fraction of sp³-hybridized carbons (Fsp3) is 0.250. The highest BCUT2D eigenvalue weighted by Gasteiger charge is 2.51. The summed E-state index contributed by atoms with van der Waals surface area (Å²) in [5.74, 6) is 0.573. The molecule has 4 nitrogen and oxygen atoms in total. The Bertz CT molecular complexity index is 648. The second kappa shape index (κ2) is 4.63. The number of hydrogen-bond acceptors (Lipinski definition) is 3. The van der Waals surface area contributed by atoms with Crippen LogP contribution in [0.4, 0.5) is 11.5 Å². The molecule has 0 aliphatic heterocycles. The Morgan fingerprint density at radius 1 is 1.30 bits per heavy atom. The molecule has 0 saturated heterocycles. The summed E-state index contributed by atoms with van der Waals surface area (Å²) in [6.07, 6.45) is 3.35. The van der Waals surface area contributed by atoms with Crippen LogP contribution in [0.1, 0.15) is 24.0 Å². The van der Waals surface area contributed by atoms with Gasteiger partial charge in [-0.1, -0.05) is 30.3 Å². The zero-order valence-electron chi connectivity index (χ0n) is 11.4. The highest BCUT2D eigenvalue weighted by Crippen LogP contribution is 2.48. The summed E-state index contributed by atoms with van der Waals surface area (Å²) in [6, 6.07) is 11.7. The normalized spacial score (nSPS) is 15.7. The van der Waals surface area contributed by atoms with Crippen LogP contribution >= 0.6 is 0 Å². The number of nitrogens with two attached hydrogens (primary N) is 1. The highest BCUT2D eigenvalue weighted by atomic mass is 16.2. The number of anilines is 2. The number of aryl methyl sites for hydroxylation is 1. The molecule has 1 aliphatic rings. The average molecular weight is 267 g/mol. The maximum absolute atomic E-state index is 12.5. The Balaban J connectivity index is 1.81.